The van der Waals surface area contributed by atoms with Gasteiger partial charge in [0.25, 0.3) is 5.91 Å². The number of anilines is 1. The molecule has 1 heterocycles. The quantitative estimate of drug-likeness (QED) is 0.850. The number of carbonyl (C=O) groups excluding carboxylic acids is 1. The molecule has 2 atom stereocenters. The smallest absolute Gasteiger partial charge is 0.387 e. The monoisotopic (exact) mass is 356 g/mol. The van der Waals surface area contributed by atoms with Crippen molar-refractivity contribution >= 4 is 35.6 Å². The first-order valence-corrected chi connectivity index (χ1v) is 6.78. The number of hydrogen-bond donors (Lipinski definition) is 2. The Hall–Kier alpha value is -1.15. The average molecular weight is 357 g/mol. The number of halogens is 4. The highest BCUT2D eigenvalue weighted by atomic mass is 35.5. The summed E-state index contributed by atoms with van der Waals surface area (Å²) in [5, 5.41) is 2.60. The Kier molecular flexibility index (Phi) is 7.28. The molecule has 2 rings (SSSR count). The standard InChI is InChI=1S/C13H15ClF2N2O3.ClH/c14-9-5-7(1-3-10(9)21-13(15)16)18-12(19)11-4-2-8(6-17)20-11;/h1,3,5,8,11,13H,2,4,6,17H2,(H,18,19);1H/t8-,11+;/m1./s1. The zero-order valence-electron chi connectivity index (χ0n) is 11.4. The number of alkyl halides is 2. The molecule has 1 aromatic rings. The molecule has 1 aromatic carbocycles. The van der Waals surface area contributed by atoms with Gasteiger partial charge in [-0.2, -0.15) is 8.78 Å². The first kappa shape index (κ1) is 18.9. The maximum absolute atomic E-state index is 12.1. The molecule has 5 nitrogen and oxygen atoms in total. The van der Waals surface area contributed by atoms with Gasteiger partial charge in [-0.15, -0.1) is 12.4 Å². The molecule has 1 amide bonds. The second kappa shape index (κ2) is 8.47. The fourth-order valence-electron chi connectivity index (χ4n) is 2.06. The third kappa shape index (κ3) is 4.95. The number of carbonyl (C=O) groups is 1. The van der Waals surface area contributed by atoms with Gasteiger partial charge in [-0.25, -0.2) is 0 Å². The zero-order valence-corrected chi connectivity index (χ0v) is 13.0. The molecule has 0 bridgehead atoms. The van der Waals surface area contributed by atoms with Crippen molar-refractivity contribution in [3.05, 3.63) is 23.2 Å². The van der Waals surface area contributed by atoms with E-state index in [1.165, 1.54) is 18.2 Å². The van der Waals surface area contributed by atoms with Crippen molar-refractivity contribution in [2.45, 2.75) is 31.7 Å². The van der Waals surface area contributed by atoms with Crippen LogP contribution >= 0.6 is 24.0 Å². The summed E-state index contributed by atoms with van der Waals surface area (Å²) in [5.74, 6) is -0.463. The molecule has 1 aliphatic heterocycles. The van der Waals surface area contributed by atoms with Gasteiger partial charge < -0.3 is 20.5 Å². The third-order valence-electron chi connectivity index (χ3n) is 3.08. The van der Waals surface area contributed by atoms with Gasteiger partial charge in [-0.3, -0.25) is 4.79 Å². The highest BCUT2D eigenvalue weighted by Crippen LogP contribution is 2.29. The van der Waals surface area contributed by atoms with Crippen LogP contribution < -0.4 is 15.8 Å². The molecular formula is C13H16Cl2F2N2O3. The topological polar surface area (TPSA) is 73.6 Å². The second-order valence-electron chi connectivity index (χ2n) is 4.57. The summed E-state index contributed by atoms with van der Waals surface area (Å²) >= 11 is 5.80. The molecule has 0 aliphatic carbocycles. The molecule has 1 fully saturated rings. The molecule has 0 radical (unpaired) electrons. The van der Waals surface area contributed by atoms with Crippen LogP contribution in [0.15, 0.2) is 18.2 Å². The summed E-state index contributed by atoms with van der Waals surface area (Å²) in [6, 6.07) is 4.03. The van der Waals surface area contributed by atoms with Gasteiger partial charge in [-0.1, -0.05) is 11.6 Å². The summed E-state index contributed by atoms with van der Waals surface area (Å²) < 4.78 is 33.9. The average Bonchev–Trinajstić information content (AvgIpc) is 2.90. The lowest BCUT2D eigenvalue weighted by atomic mass is 10.2. The maximum Gasteiger partial charge on any atom is 0.387 e. The van der Waals surface area contributed by atoms with Gasteiger partial charge in [0.15, 0.2) is 0 Å². The Morgan fingerprint density at radius 3 is 2.77 bits per heavy atom. The number of rotatable bonds is 5. The van der Waals surface area contributed by atoms with Crippen molar-refractivity contribution in [1.82, 2.24) is 0 Å². The lowest BCUT2D eigenvalue weighted by Crippen LogP contribution is -2.29. The Morgan fingerprint density at radius 2 is 2.23 bits per heavy atom. The van der Waals surface area contributed by atoms with Crippen LogP contribution in [0.5, 0.6) is 5.75 Å². The summed E-state index contributed by atoms with van der Waals surface area (Å²) in [4.78, 5) is 12.0. The van der Waals surface area contributed by atoms with E-state index in [4.69, 9.17) is 22.1 Å². The van der Waals surface area contributed by atoms with Gasteiger partial charge in [-0.05, 0) is 31.0 Å². The van der Waals surface area contributed by atoms with E-state index in [-0.39, 0.29) is 35.2 Å². The van der Waals surface area contributed by atoms with Gasteiger partial charge in [0.2, 0.25) is 0 Å². The van der Waals surface area contributed by atoms with Crippen molar-refractivity contribution in [3.63, 3.8) is 0 Å². The van der Waals surface area contributed by atoms with Crippen LogP contribution in [0.3, 0.4) is 0 Å². The molecule has 9 heteroatoms. The normalized spacial score (nSPS) is 20.6. The van der Waals surface area contributed by atoms with E-state index in [1.807, 2.05) is 0 Å². The van der Waals surface area contributed by atoms with Crippen LogP contribution in [0.4, 0.5) is 14.5 Å². The summed E-state index contributed by atoms with van der Waals surface area (Å²) in [6.45, 7) is -2.59. The number of amides is 1. The van der Waals surface area contributed by atoms with E-state index in [0.717, 1.165) is 6.42 Å². The number of benzene rings is 1. The minimum atomic E-state index is -2.96. The Balaban J connectivity index is 0.00000242. The summed E-state index contributed by atoms with van der Waals surface area (Å²) in [7, 11) is 0. The number of nitrogens with two attached hydrogens (primary N) is 1. The largest absolute Gasteiger partial charge is 0.433 e. The Morgan fingerprint density at radius 1 is 1.50 bits per heavy atom. The van der Waals surface area contributed by atoms with Gasteiger partial charge in [0.1, 0.15) is 11.9 Å². The molecule has 1 saturated heterocycles. The molecule has 0 aromatic heterocycles. The molecule has 0 unspecified atom stereocenters. The SMILES string of the molecule is Cl.NC[C@H]1CC[C@@H](C(=O)Nc2ccc(OC(F)F)c(Cl)c2)O1. The van der Waals surface area contributed by atoms with E-state index >= 15 is 0 Å². The predicted octanol–water partition coefficient (Wildman–Crippen LogP) is 2.81. The Labute approximate surface area is 137 Å². The molecule has 3 N–H and O–H groups in total. The second-order valence-corrected chi connectivity index (χ2v) is 4.98. The summed E-state index contributed by atoms with van der Waals surface area (Å²) in [5.41, 5.74) is 5.86. The molecule has 1 aliphatic rings. The van der Waals surface area contributed by atoms with Crippen molar-refractivity contribution in [3.8, 4) is 5.75 Å². The van der Waals surface area contributed by atoms with Crippen molar-refractivity contribution in [2.75, 3.05) is 11.9 Å². The van der Waals surface area contributed by atoms with E-state index in [0.29, 0.717) is 18.7 Å². The van der Waals surface area contributed by atoms with Crippen LogP contribution in [-0.4, -0.2) is 31.3 Å². The first-order valence-electron chi connectivity index (χ1n) is 6.40. The fourth-order valence-corrected chi connectivity index (χ4v) is 2.29. The molecule has 22 heavy (non-hydrogen) atoms. The van der Waals surface area contributed by atoms with E-state index in [1.54, 1.807) is 0 Å². The minimum absolute atomic E-state index is 0. The first-order chi connectivity index (χ1) is 9.99. The lowest BCUT2D eigenvalue weighted by Gasteiger charge is -2.13. The fraction of sp³-hybridized carbons (Fsp3) is 0.462. The highest BCUT2D eigenvalue weighted by molar-refractivity contribution is 6.32. The number of ether oxygens (including phenoxy) is 2. The van der Waals surface area contributed by atoms with Crippen LogP contribution in [0.2, 0.25) is 5.02 Å². The third-order valence-corrected chi connectivity index (χ3v) is 3.37. The van der Waals surface area contributed by atoms with Gasteiger partial charge in [0.05, 0.1) is 11.1 Å². The summed E-state index contributed by atoms with van der Waals surface area (Å²) in [6.07, 6.45) is 0.658. The minimum Gasteiger partial charge on any atom is -0.433 e. The molecular weight excluding hydrogens is 341 g/mol. The Bertz CT molecular complexity index is 520. The molecule has 0 saturated carbocycles. The number of hydrogen-bond acceptors (Lipinski definition) is 4. The van der Waals surface area contributed by atoms with Crippen molar-refractivity contribution < 1.29 is 23.0 Å². The van der Waals surface area contributed by atoms with Gasteiger partial charge in [0, 0.05) is 12.2 Å². The molecule has 124 valence electrons. The van der Waals surface area contributed by atoms with Crippen LogP contribution in [0, 0.1) is 0 Å². The van der Waals surface area contributed by atoms with E-state index in [9.17, 15) is 13.6 Å². The number of nitrogens with one attached hydrogen (secondary N) is 1. The molecule has 0 spiro atoms. The van der Waals surface area contributed by atoms with Crippen LogP contribution in [-0.2, 0) is 9.53 Å². The highest BCUT2D eigenvalue weighted by Gasteiger charge is 2.29. The zero-order chi connectivity index (χ0) is 15.4. The van der Waals surface area contributed by atoms with Gasteiger partial charge >= 0.3 is 6.61 Å². The maximum atomic E-state index is 12.1. The van der Waals surface area contributed by atoms with Crippen molar-refractivity contribution in [1.29, 1.82) is 0 Å². The van der Waals surface area contributed by atoms with E-state index in [2.05, 4.69) is 10.1 Å². The van der Waals surface area contributed by atoms with Crippen molar-refractivity contribution in [2.24, 2.45) is 5.73 Å². The van der Waals surface area contributed by atoms with Crippen LogP contribution in [0.1, 0.15) is 12.8 Å². The predicted molar refractivity (Wildman–Crippen MR) is 80.9 cm³/mol. The van der Waals surface area contributed by atoms with Crippen LogP contribution in [0.25, 0.3) is 0 Å². The van der Waals surface area contributed by atoms with E-state index < -0.39 is 12.7 Å². The lowest BCUT2D eigenvalue weighted by molar-refractivity contribution is -0.126.